The van der Waals surface area contributed by atoms with Crippen LogP contribution in [0.15, 0.2) is 55.1 Å². The number of amides is 1. The van der Waals surface area contributed by atoms with Crippen molar-refractivity contribution in [3.8, 4) is 0 Å². The van der Waals surface area contributed by atoms with E-state index in [0.717, 1.165) is 23.2 Å². The van der Waals surface area contributed by atoms with Crippen molar-refractivity contribution in [1.29, 1.82) is 0 Å². The number of rotatable bonds is 6. The predicted octanol–water partition coefficient (Wildman–Crippen LogP) is 4.65. The van der Waals surface area contributed by atoms with Gasteiger partial charge in [0.15, 0.2) is 0 Å². The first-order valence-electron chi connectivity index (χ1n) is 8.62. The molecule has 0 saturated heterocycles. The van der Waals surface area contributed by atoms with E-state index in [4.69, 9.17) is 11.6 Å². The molecule has 2 N–H and O–H groups in total. The highest BCUT2D eigenvalue weighted by Crippen LogP contribution is 2.24. The fourth-order valence-corrected chi connectivity index (χ4v) is 2.87. The molecular weight excluding hydrogens is 362 g/mol. The number of hydrogen-bond donors (Lipinski definition) is 2. The predicted molar refractivity (Wildman–Crippen MR) is 107 cm³/mol. The molecular formula is C20H20ClN5O. The smallest absolute Gasteiger partial charge is 0.257 e. The molecule has 0 aliphatic heterocycles. The molecule has 0 aliphatic rings. The van der Waals surface area contributed by atoms with Gasteiger partial charge in [-0.25, -0.2) is 4.98 Å². The number of nitrogens with zero attached hydrogens (tertiary/aromatic N) is 3. The van der Waals surface area contributed by atoms with Crippen molar-refractivity contribution in [1.82, 2.24) is 15.0 Å². The van der Waals surface area contributed by atoms with Gasteiger partial charge in [-0.3, -0.25) is 14.8 Å². The summed E-state index contributed by atoms with van der Waals surface area (Å²) in [6, 6.07) is 9.53. The highest BCUT2D eigenvalue weighted by Gasteiger charge is 2.12. The number of benzene rings is 1. The van der Waals surface area contributed by atoms with E-state index < -0.39 is 0 Å². The fraction of sp³-hybridized carbons (Fsp3) is 0.200. The van der Waals surface area contributed by atoms with Gasteiger partial charge in [0.2, 0.25) is 0 Å². The van der Waals surface area contributed by atoms with Crippen molar-refractivity contribution in [2.45, 2.75) is 26.3 Å². The lowest BCUT2D eigenvalue weighted by Crippen LogP contribution is -2.14. The Labute approximate surface area is 163 Å². The number of anilines is 2. The number of aryl methyl sites for hydroxylation is 1. The van der Waals surface area contributed by atoms with E-state index >= 15 is 0 Å². The molecule has 3 aromatic rings. The first kappa shape index (κ1) is 18.8. The summed E-state index contributed by atoms with van der Waals surface area (Å²) in [6.45, 7) is 3.97. The van der Waals surface area contributed by atoms with Crippen molar-refractivity contribution in [2.75, 3.05) is 10.6 Å². The van der Waals surface area contributed by atoms with Crippen LogP contribution < -0.4 is 10.6 Å². The molecule has 2 heterocycles. The van der Waals surface area contributed by atoms with E-state index in [-0.39, 0.29) is 11.9 Å². The number of nitrogens with one attached hydrogen (secondary N) is 2. The minimum Gasteiger partial charge on any atom is -0.362 e. The van der Waals surface area contributed by atoms with Gasteiger partial charge in [-0.1, -0.05) is 30.7 Å². The Morgan fingerprint density at radius 2 is 1.96 bits per heavy atom. The number of carbonyl (C=O) groups excluding carboxylic acids is 1. The van der Waals surface area contributed by atoms with E-state index in [0.29, 0.717) is 16.5 Å². The minimum absolute atomic E-state index is 0.00950. The van der Waals surface area contributed by atoms with Crippen LogP contribution in [0.25, 0.3) is 0 Å². The van der Waals surface area contributed by atoms with Gasteiger partial charge in [0.05, 0.1) is 24.0 Å². The first-order chi connectivity index (χ1) is 13.0. The SMILES string of the molecule is CC[C@H](Nc1cncc(Cl)n1)c1cccc(NC(=O)c2cncc(C)c2)c1. The summed E-state index contributed by atoms with van der Waals surface area (Å²) in [5.74, 6) is 0.416. The van der Waals surface area contributed by atoms with Crippen molar-refractivity contribution in [3.05, 3.63) is 77.0 Å². The van der Waals surface area contributed by atoms with Gasteiger partial charge in [-0.15, -0.1) is 0 Å². The summed E-state index contributed by atoms with van der Waals surface area (Å²) in [5.41, 5.74) is 3.21. The molecule has 0 spiro atoms. The summed E-state index contributed by atoms with van der Waals surface area (Å²) < 4.78 is 0. The highest BCUT2D eigenvalue weighted by molar-refractivity contribution is 6.29. The third kappa shape index (κ3) is 5.01. The van der Waals surface area contributed by atoms with Crippen molar-refractivity contribution in [2.24, 2.45) is 0 Å². The normalized spacial score (nSPS) is 11.7. The fourth-order valence-electron chi connectivity index (χ4n) is 2.73. The molecule has 3 rings (SSSR count). The molecule has 0 unspecified atom stereocenters. The van der Waals surface area contributed by atoms with Gasteiger partial charge in [-0.05, 0) is 42.7 Å². The average Bonchev–Trinajstić information content (AvgIpc) is 2.66. The quantitative estimate of drug-likeness (QED) is 0.649. The van der Waals surface area contributed by atoms with E-state index in [1.165, 1.54) is 6.20 Å². The zero-order chi connectivity index (χ0) is 19.2. The Kier molecular flexibility index (Phi) is 5.98. The van der Waals surface area contributed by atoms with Gasteiger partial charge < -0.3 is 10.6 Å². The number of pyridine rings is 1. The Hall–Kier alpha value is -2.99. The summed E-state index contributed by atoms with van der Waals surface area (Å²) in [6.07, 6.45) is 7.22. The van der Waals surface area contributed by atoms with E-state index in [1.54, 1.807) is 24.7 Å². The molecule has 6 nitrogen and oxygen atoms in total. The second kappa shape index (κ2) is 8.60. The number of carbonyl (C=O) groups is 1. The van der Waals surface area contributed by atoms with Crippen molar-refractivity contribution >= 4 is 29.0 Å². The van der Waals surface area contributed by atoms with Gasteiger partial charge >= 0.3 is 0 Å². The Morgan fingerprint density at radius 1 is 1.15 bits per heavy atom. The second-order valence-electron chi connectivity index (χ2n) is 6.16. The number of aromatic nitrogens is 3. The molecule has 7 heteroatoms. The molecule has 0 aliphatic carbocycles. The van der Waals surface area contributed by atoms with Crippen molar-refractivity contribution in [3.63, 3.8) is 0 Å². The Bertz CT molecular complexity index is 947. The van der Waals surface area contributed by atoms with Crippen LogP contribution in [-0.4, -0.2) is 20.9 Å². The Balaban J connectivity index is 1.76. The molecule has 0 fully saturated rings. The topological polar surface area (TPSA) is 79.8 Å². The average molecular weight is 382 g/mol. The molecule has 0 radical (unpaired) electrons. The third-order valence-electron chi connectivity index (χ3n) is 4.02. The maximum atomic E-state index is 12.4. The molecule has 138 valence electrons. The van der Waals surface area contributed by atoms with Crippen LogP contribution in [0.2, 0.25) is 5.15 Å². The molecule has 27 heavy (non-hydrogen) atoms. The van der Waals surface area contributed by atoms with Crippen LogP contribution >= 0.6 is 11.6 Å². The van der Waals surface area contributed by atoms with Gasteiger partial charge in [0.1, 0.15) is 11.0 Å². The van der Waals surface area contributed by atoms with Gasteiger partial charge in [-0.2, -0.15) is 0 Å². The maximum absolute atomic E-state index is 12.4. The van der Waals surface area contributed by atoms with Crippen LogP contribution in [0.3, 0.4) is 0 Å². The molecule has 1 aromatic carbocycles. The summed E-state index contributed by atoms with van der Waals surface area (Å²) >= 11 is 5.90. The highest BCUT2D eigenvalue weighted by atomic mass is 35.5. The van der Waals surface area contributed by atoms with E-state index in [1.807, 2.05) is 31.2 Å². The molecule has 1 amide bonds. The first-order valence-corrected chi connectivity index (χ1v) is 9.00. The van der Waals surface area contributed by atoms with E-state index in [2.05, 4.69) is 32.5 Å². The lowest BCUT2D eigenvalue weighted by atomic mass is 10.0. The molecule has 2 aromatic heterocycles. The largest absolute Gasteiger partial charge is 0.362 e. The summed E-state index contributed by atoms with van der Waals surface area (Å²) in [4.78, 5) is 24.8. The maximum Gasteiger partial charge on any atom is 0.257 e. The van der Waals surface area contributed by atoms with Crippen LogP contribution in [0, 0.1) is 6.92 Å². The van der Waals surface area contributed by atoms with Crippen LogP contribution in [0.1, 0.15) is 40.9 Å². The molecule has 1 atom stereocenters. The van der Waals surface area contributed by atoms with E-state index in [9.17, 15) is 4.79 Å². The lowest BCUT2D eigenvalue weighted by molar-refractivity contribution is 0.102. The van der Waals surface area contributed by atoms with Crippen LogP contribution in [0.5, 0.6) is 0 Å². The van der Waals surface area contributed by atoms with Crippen LogP contribution in [-0.2, 0) is 0 Å². The summed E-state index contributed by atoms with van der Waals surface area (Å²) in [7, 11) is 0. The van der Waals surface area contributed by atoms with Crippen LogP contribution in [0.4, 0.5) is 11.5 Å². The minimum atomic E-state index is -0.190. The monoisotopic (exact) mass is 381 g/mol. The second-order valence-corrected chi connectivity index (χ2v) is 6.55. The number of halogens is 1. The van der Waals surface area contributed by atoms with Gasteiger partial charge in [0, 0.05) is 18.1 Å². The molecule has 0 bridgehead atoms. The Morgan fingerprint density at radius 3 is 2.70 bits per heavy atom. The standard InChI is InChI=1S/C20H20ClN5O/c1-3-17(25-19-12-23-11-18(21)26-19)14-5-4-6-16(8-14)24-20(27)15-7-13(2)9-22-10-15/h4-12,17H,3H2,1-2H3,(H,24,27)(H,25,26)/t17-/m0/s1. The summed E-state index contributed by atoms with van der Waals surface area (Å²) in [5, 5.41) is 6.58. The van der Waals surface area contributed by atoms with Crippen molar-refractivity contribution < 1.29 is 4.79 Å². The number of hydrogen-bond acceptors (Lipinski definition) is 5. The lowest BCUT2D eigenvalue weighted by Gasteiger charge is -2.19. The molecule has 0 saturated carbocycles. The van der Waals surface area contributed by atoms with Gasteiger partial charge in [0.25, 0.3) is 5.91 Å². The zero-order valence-corrected chi connectivity index (χ0v) is 15.9. The third-order valence-corrected chi connectivity index (χ3v) is 4.20. The zero-order valence-electron chi connectivity index (χ0n) is 15.1.